The fourth-order valence-electron chi connectivity index (χ4n) is 1.34. The fraction of sp³-hybridized carbons (Fsp3) is 0.385. The van der Waals surface area contributed by atoms with Crippen LogP contribution < -0.4 is 15.2 Å². The van der Waals surface area contributed by atoms with Crippen molar-refractivity contribution in [1.82, 2.24) is 0 Å². The molecule has 2 N–H and O–H groups in total. The molecule has 0 amide bonds. The van der Waals surface area contributed by atoms with Gasteiger partial charge in [-0.25, -0.2) is 0 Å². The summed E-state index contributed by atoms with van der Waals surface area (Å²) in [6.07, 6.45) is 1.70. The lowest BCUT2D eigenvalue weighted by molar-refractivity contribution is 0.389. The molecule has 0 radical (unpaired) electrons. The van der Waals surface area contributed by atoms with E-state index in [9.17, 15) is 0 Å². The van der Waals surface area contributed by atoms with E-state index in [2.05, 4.69) is 27.8 Å². The number of hydrogen-bond donors (Lipinski definition) is 1. The van der Waals surface area contributed by atoms with Gasteiger partial charge in [0.05, 0.1) is 19.8 Å². The quantitative estimate of drug-likeness (QED) is 0.686. The van der Waals surface area contributed by atoms with Crippen LogP contribution in [0.5, 0.6) is 11.5 Å². The summed E-state index contributed by atoms with van der Waals surface area (Å²) in [5, 5.41) is 0. The molecular formula is C13H16BrNO2. The zero-order valence-corrected chi connectivity index (χ0v) is 11.6. The molecule has 0 aromatic heterocycles. The number of nitrogens with two attached hydrogens (primary N) is 1. The van der Waals surface area contributed by atoms with Crippen LogP contribution in [-0.4, -0.2) is 20.8 Å². The molecule has 1 aromatic rings. The minimum absolute atomic E-state index is 0.665. The lowest BCUT2D eigenvalue weighted by atomic mass is 10.2. The van der Waals surface area contributed by atoms with E-state index in [0.29, 0.717) is 12.3 Å². The van der Waals surface area contributed by atoms with Crippen molar-refractivity contribution < 1.29 is 9.47 Å². The summed E-state index contributed by atoms with van der Waals surface area (Å²) in [6.45, 7) is 0.665. The van der Waals surface area contributed by atoms with Gasteiger partial charge < -0.3 is 15.2 Å². The number of hydrogen-bond acceptors (Lipinski definition) is 3. The predicted molar refractivity (Wildman–Crippen MR) is 72.4 cm³/mol. The molecule has 1 aromatic carbocycles. The first kappa shape index (κ1) is 13.9. The molecule has 0 aliphatic carbocycles. The molecule has 0 bridgehead atoms. The minimum atomic E-state index is 0.665. The highest BCUT2D eigenvalue weighted by Crippen LogP contribution is 2.36. The Morgan fingerprint density at radius 1 is 1.29 bits per heavy atom. The van der Waals surface area contributed by atoms with Crippen LogP contribution in [-0.2, 0) is 0 Å². The van der Waals surface area contributed by atoms with Crippen LogP contribution in [0.1, 0.15) is 18.4 Å². The molecule has 0 unspecified atom stereocenters. The molecule has 0 heterocycles. The van der Waals surface area contributed by atoms with E-state index in [1.807, 2.05) is 12.1 Å². The van der Waals surface area contributed by atoms with E-state index in [0.717, 1.165) is 28.6 Å². The molecule has 0 aliphatic rings. The summed E-state index contributed by atoms with van der Waals surface area (Å²) in [6, 6.07) is 3.75. The zero-order chi connectivity index (χ0) is 12.7. The van der Waals surface area contributed by atoms with Crippen LogP contribution in [0.3, 0.4) is 0 Å². The van der Waals surface area contributed by atoms with Crippen LogP contribution >= 0.6 is 15.9 Å². The third-order valence-corrected chi connectivity index (χ3v) is 2.97. The van der Waals surface area contributed by atoms with Crippen LogP contribution in [0.2, 0.25) is 0 Å². The molecule has 0 saturated heterocycles. The van der Waals surface area contributed by atoms with Gasteiger partial charge in [0.15, 0.2) is 5.75 Å². The first-order valence-electron chi connectivity index (χ1n) is 5.34. The molecule has 0 spiro atoms. The summed E-state index contributed by atoms with van der Waals surface area (Å²) in [7, 11) is 3.23. The highest BCUT2D eigenvalue weighted by Gasteiger charge is 2.10. The maximum absolute atomic E-state index is 5.41. The van der Waals surface area contributed by atoms with Crippen molar-refractivity contribution in [3.8, 4) is 23.3 Å². The van der Waals surface area contributed by atoms with Gasteiger partial charge in [-0.05, 0) is 41.0 Å². The molecule has 4 heteroatoms. The van der Waals surface area contributed by atoms with E-state index < -0.39 is 0 Å². The SMILES string of the molecule is COc1ccc(C#CCCCN)c(OC)c1Br. The fourth-order valence-corrected chi connectivity index (χ4v) is 2.01. The summed E-state index contributed by atoms with van der Waals surface area (Å²) >= 11 is 3.44. The highest BCUT2D eigenvalue weighted by molar-refractivity contribution is 9.10. The Morgan fingerprint density at radius 3 is 2.65 bits per heavy atom. The van der Waals surface area contributed by atoms with Crippen molar-refractivity contribution in [3.63, 3.8) is 0 Å². The number of ether oxygens (including phenoxy) is 2. The Hall–Kier alpha value is -1.18. The van der Waals surface area contributed by atoms with Crippen molar-refractivity contribution in [2.75, 3.05) is 20.8 Å². The van der Waals surface area contributed by atoms with Gasteiger partial charge in [0.1, 0.15) is 10.2 Å². The van der Waals surface area contributed by atoms with Crippen molar-refractivity contribution in [2.24, 2.45) is 5.73 Å². The van der Waals surface area contributed by atoms with Crippen LogP contribution in [0.4, 0.5) is 0 Å². The van der Waals surface area contributed by atoms with Crippen molar-refractivity contribution in [3.05, 3.63) is 22.2 Å². The lowest BCUT2D eigenvalue weighted by Crippen LogP contribution is -1.96. The zero-order valence-electron chi connectivity index (χ0n) is 10.0. The second-order valence-electron chi connectivity index (χ2n) is 3.36. The van der Waals surface area contributed by atoms with Crippen molar-refractivity contribution in [1.29, 1.82) is 0 Å². The molecule has 17 heavy (non-hydrogen) atoms. The molecule has 92 valence electrons. The third kappa shape index (κ3) is 3.65. The predicted octanol–water partition coefficient (Wildman–Crippen LogP) is 2.56. The standard InChI is InChI=1S/C13H16BrNO2/c1-16-11-8-7-10(6-4-3-5-9-15)13(17-2)12(11)14/h7-8H,3,5,9,15H2,1-2H3. The first-order chi connectivity index (χ1) is 8.24. The topological polar surface area (TPSA) is 44.5 Å². The van der Waals surface area contributed by atoms with Gasteiger partial charge in [-0.3, -0.25) is 0 Å². The summed E-state index contributed by atoms with van der Waals surface area (Å²) < 4.78 is 11.3. The highest BCUT2D eigenvalue weighted by atomic mass is 79.9. The van der Waals surface area contributed by atoms with Crippen LogP contribution in [0, 0.1) is 11.8 Å². The number of halogens is 1. The van der Waals surface area contributed by atoms with Crippen LogP contribution in [0.25, 0.3) is 0 Å². The smallest absolute Gasteiger partial charge is 0.152 e. The van der Waals surface area contributed by atoms with E-state index in [1.54, 1.807) is 14.2 Å². The monoisotopic (exact) mass is 297 g/mol. The Kier molecular flexibility index (Phi) is 5.88. The minimum Gasteiger partial charge on any atom is -0.495 e. The molecular weight excluding hydrogens is 282 g/mol. The lowest BCUT2D eigenvalue weighted by Gasteiger charge is -2.09. The second kappa shape index (κ2) is 7.21. The Bertz CT molecular complexity index is 435. The van der Waals surface area contributed by atoms with Gasteiger partial charge in [-0.15, -0.1) is 0 Å². The summed E-state index contributed by atoms with van der Waals surface area (Å²) in [5.74, 6) is 7.57. The Labute approximate surface area is 110 Å². The van der Waals surface area contributed by atoms with Crippen LogP contribution in [0.15, 0.2) is 16.6 Å². The molecule has 3 nitrogen and oxygen atoms in total. The van der Waals surface area contributed by atoms with Gasteiger partial charge in [0.25, 0.3) is 0 Å². The molecule has 1 rings (SSSR count). The molecule has 0 saturated carbocycles. The average molecular weight is 298 g/mol. The Balaban J connectivity index is 2.99. The van der Waals surface area contributed by atoms with Crippen molar-refractivity contribution >= 4 is 15.9 Å². The van der Waals surface area contributed by atoms with E-state index in [1.165, 1.54) is 0 Å². The van der Waals surface area contributed by atoms with Crippen molar-refractivity contribution in [2.45, 2.75) is 12.8 Å². The summed E-state index contributed by atoms with van der Waals surface area (Å²) in [4.78, 5) is 0. The first-order valence-corrected chi connectivity index (χ1v) is 6.13. The van der Waals surface area contributed by atoms with Gasteiger partial charge in [0.2, 0.25) is 0 Å². The van der Waals surface area contributed by atoms with E-state index in [4.69, 9.17) is 15.2 Å². The normalized spacial score (nSPS) is 9.41. The van der Waals surface area contributed by atoms with E-state index >= 15 is 0 Å². The van der Waals surface area contributed by atoms with E-state index in [-0.39, 0.29) is 0 Å². The largest absolute Gasteiger partial charge is 0.495 e. The average Bonchev–Trinajstić information content (AvgIpc) is 2.35. The molecule has 0 atom stereocenters. The number of rotatable bonds is 4. The van der Waals surface area contributed by atoms with Gasteiger partial charge in [0, 0.05) is 6.42 Å². The number of methoxy groups -OCH3 is 2. The molecule has 0 aliphatic heterocycles. The number of benzene rings is 1. The third-order valence-electron chi connectivity index (χ3n) is 2.21. The maximum atomic E-state index is 5.41. The maximum Gasteiger partial charge on any atom is 0.152 e. The number of unbranched alkanes of at least 4 members (excludes halogenated alkanes) is 1. The Morgan fingerprint density at radius 2 is 2.06 bits per heavy atom. The second-order valence-corrected chi connectivity index (χ2v) is 4.15. The van der Waals surface area contributed by atoms with Gasteiger partial charge in [-0.1, -0.05) is 11.8 Å². The summed E-state index contributed by atoms with van der Waals surface area (Å²) in [5.41, 5.74) is 6.25. The van der Waals surface area contributed by atoms with Gasteiger partial charge >= 0.3 is 0 Å². The van der Waals surface area contributed by atoms with Gasteiger partial charge in [-0.2, -0.15) is 0 Å². The molecule has 0 fully saturated rings.